The molecule has 2 heterocycles. The van der Waals surface area contributed by atoms with Crippen molar-refractivity contribution in [2.45, 2.75) is 26.7 Å². The third kappa shape index (κ3) is 4.46. The molecule has 0 fully saturated rings. The van der Waals surface area contributed by atoms with Crippen molar-refractivity contribution >= 4 is 28.3 Å². The zero-order valence-corrected chi connectivity index (χ0v) is 19.9. The number of fused-ring (bicyclic) bond motifs is 1. The van der Waals surface area contributed by atoms with E-state index in [-0.39, 0.29) is 11.4 Å². The zero-order valence-electron chi connectivity index (χ0n) is 19.9. The second kappa shape index (κ2) is 9.10. The van der Waals surface area contributed by atoms with Crippen LogP contribution in [0, 0.1) is 17.0 Å². The summed E-state index contributed by atoms with van der Waals surface area (Å²) in [6.07, 6.45) is 0. The SMILES string of the molecule is Cc1cc2nn(-c3ccc(C(C)C)cc3)nc2cc1NC(=O)c1ccc(-c2cccc([N+](=O)[O-])c2)o1. The first-order chi connectivity index (χ1) is 17.3. The van der Waals surface area contributed by atoms with E-state index in [0.29, 0.717) is 34.0 Å². The molecule has 5 aromatic rings. The van der Waals surface area contributed by atoms with Gasteiger partial charge in [-0.3, -0.25) is 14.9 Å². The minimum Gasteiger partial charge on any atom is -0.451 e. The summed E-state index contributed by atoms with van der Waals surface area (Å²) in [7, 11) is 0. The van der Waals surface area contributed by atoms with Crippen LogP contribution in [0.2, 0.25) is 0 Å². The second-order valence-electron chi connectivity index (χ2n) is 8.82. The number of non-ortho nitro benzene ring substituents is 1. The number of anilines is 1. The highest BCUT2D eigenvalue weighted by Crippen LogP contribution is 2.27. The van der Waals surface area contributed by atoms with E-state index in [9.17, 15) is 14.9 Å². The molecule has 0 unspecified atom stereocenters. The van der Waals surface area contributed by atoms with Gasteiger partial charge in [-0.1, -0.05) is 38.1 Å². The zero-order chi connectivity index (χ0) is 25.4. The van der Waals surface area contributed by atoms with Gasteiger partial charge >= 0.3 is 0 Å². The summed E-state index contributed by atoms with van der Waals surface area (Å²) < 4.78 is 5.69. The van der Waals surface area contributed by atoms with Crippen molar-refractivity contribution in [3.63, 3.8) is 0 Å². The number of furan rings is 1. The van der Waals surface area contributed by atoms with E-state index < -0.39 is 10.8 Å². The molecule has 180 valence electrons. The molecule has 0 saturated carbocycles. The lowest BCUT2D eigenvalue weighted by Gasteiger charge is -2.06. The Morgan fingerprint density at radius 1 is 1.00 bits per heavy atom. The van der Waals surface area contributed by atoms with Gasteiger partial charge in [-0.05, 0) is 60.4 Å². The maximum absolute atomic E-state index is 12.9. The minimum absolute atomic E-state index is 0.0530. The summed E-state index contributed by atoms with van der Waals surface area (Å²) in [6, 6.07) is 21.0. The number of nitrogens with zero attached hydrogens (tertiary/aromatic N) is 4. The number of carbonyl (C=O) groups excluding carboxylic acids is 1. The van der Waals surface area contributed by atoms with E-state index in [1.807, 2.05) is 25.1 Å². The summed E-state index contributed by atoms with van der Waals surface area (Å²) >= 11 is 0. The number of rotatable bonds is 6. The molecule has 9 heteroatoms. The van der Waals surface area contributed by atoms with E-state index in [1.54, 1.807) is 29.1 Å². The van der Waals surface area contributed by atoms with E-state index >= 15 is 0 Å². The number of nitro benzene ring substituents is 1. The predicted octanol–water partition coefficient (Wildman–Crippen LogP) is 6.27. The van der Waals surface area contributed by atoms with Crippen molar-refractivity contribution in [3.8, 4) is 17.0 Å². The van der Waals surface area contributed by atoms with Crippen LogP contribution >= 0.6 is 0 Å². The fourth-order valence-electron chi connectivity index (χ4n) is 3.88. The number of carbonyl (C=O) groups is 1. The Labute approximate surface area is 206 Å². The maximum Gasteiger partial charge on any atom is 0.291 e. The smallest absolute Gasteiger partial charge is 0.291 e. The number of aryl methyl sites for hydroxylation is 1. The molecule has 0 spiro atoms. The number of hydrogen-bond acceptors (Lipinski definition) is 6. The third-order valence-corrected chi connectivity index (χ3v) is 5.94. The molecule has 9 nitrogen and oxygen atoms in total. The van der Waals surface area contributed by atoms with Crippen LogP contribution in [0.3, 0.4) is 0 Å². The molecule has 36 heavy (non-hydrogen) atoms. The first-order valence-corrected chi connectivity index (χ1v) is 11.4. The normalized spacial score (nSPS) is 11.2. The number of aromatic nitrogens is 3. The summed E-state index contributed by atoms with van der Waals surface area (Å²) in [6.45, 7) is 6.17. The fraction of sp³-hybridized carbons (Fsp3) is 0.148. The molecular weight excluding hydrogens is 458 g/mol. The first-order valence-electron chi connectivity index (χ1n) is 11.4. The van der Waals surface area contributed by atoms with Gasteiger partial charge in [0.1, 0.15) is 16.8 Å². The Morgan fingerprint density at radius 3 is 2.42 bits per heavy atom. The lowest BCUT2D eigenvalue weighted by molar-refractivity contribution is -0.384. The van der Waals surface area contributed by atoms with Gasteiger partial charge < -0.3 is 9.73 Å². The van der Waals surface area contributed by atoms with E-state index in [2.05, 4.69) is 41.5 Å². The van der Waals surface area contributed by atoms with Crippen LogP contribution in [-0.2, 0) is 0 Å². The Morgan fingerprint density at radius 2 is 1.72 bits per heavy atom. The van der Waals surface area contributed by atoms with Gasteiger partial charge in [-0.15, -0.1) is 10.2 Å². The van der Waals surface area contributed by atoms with Gasteiger partial charge in [0.05, 0.1) is 10.6 Å². The quantitative estimate of drug-likeness (QED) is 0.226. The van der Waals surface area contributed by atoms with E-state index in [1.165, 1.54) is 23.8 Å². The molecule has 5 rings (SSSR count). The highest BCUT2D eigenvalue weighted by Gasteiger charge is 2.17. The van der Waals surface area contributed by atoms with Crippen LogP contribution < -0.4 is 5.32 Å². The Balaban J connectivity index is 1.38. The van der Waals surface area contributed by atoms with Gasteiger partial charge in [0, 0.05) is 23.4 Å². The average Bonchev–Trinajstić information content (AvgIpc) is 3.52. The van der Waals surface area contributed by atoms with Crippen molar-refractivity contribution in [1.29, 1.82) is 0 Å². The number of benzene rings is 3. The molecule has 0 radical (unpaired) electrons. The molecule has 0 aliphatic carbocycles. The van der Waals surface area contributed by atoms with Crippen LogP contribution in [0.25, 0.3) is 28.0 Å². The third-order valence-electron chi connectivity index (χ3n) is 5.94. The first kappa shape index (κ1) is 23.0. The van der Waals surface area contributed by atoms with Crippen molar-refractivity contribution in [2.75, 3.05) is 5.32 Å². The van der Waals surface area contributed by atoms with Gasteiger partial charge in [-0.2, -0.15) is 4.80 Å². The largest absolute Gasteiger partial charge is 0.451 e. The van der Waals surface area contributed by atoms with Gasteiger partial charge in [0.25, 0.3) is 11.6 Å². The number of nitrogens with one attached hydrogen (secondary N) is 1. The Hall–Kier alpha value is -4.79. The number of nitro groups is 1. The summed E-state index contributed by atoms with van der Waals surface area (Å²) in [4.78, 5) is 25.0. The van der Waals surface area contributed by atoms with Crippen LogP contribution in [-0.4, -0.2) is 25.8 Å². The number of amides is 1. The van der Waals surface area contributed by atoms with Crippen molar-refractivity contribution in [2.24, 2.45) is 0 Å². The Kier molecular flexibility index (Phi) is 5.81. The molecule has 0 atom stereocenters. The van der Waals surface area contributed by atoms with Gasteiger partial charge in [-0.25, -0.2) is 0 Å². The summed E-state index contributed by atoms with van der Waals surface area (Å²) in [5.74, 6) is 0.451. The van der Waals surface area contributed by atoms with Crippen molar-refractivity contribution in [1.82, 2.24) is 15.0 Å². The van der Waals surface area contributed by atoms with Gasteiger partial charge in [0.15, 0.2) is 5.76 Å². The predicted molar refractivity (Wildman–Crippen MR) is 136 cm³/mol. The maximum atomic E-state index is 12.9. The molecule has 0 bridgehead atoms. The summed E-state index contributed by atoms with van der Waals surface area (Å²) in [5, 5.41) is 23.1. The summed E-state index contributed by atoms with van der Waals surface area (Å²) in [5.41, 5.74) is 5.31. The van der Waals surface area contributed by atoms with Crippen LogP contribution in [0.15, 0.2) is 77.2 Å². The van der Waals surface area contributed by atoms with Crippen molar-refractivity contribution in [3.05, 3.63) is 99.8 Å². The van der Waals surface area contributed by atoms with Crippen LogP contribution in [0.4, 0.5) is 11.4 Å². The molecule has 0 saturated heterocycles. The van der Waals surface area contributed by atoms with E-state index in [0.717, 1.165) is 11.3 Å². The van der Waals surface area contributed by atoms with Crippen LogP contribution in [0.1, 0.15) is 41.4 Å². The van der Waals surface area contributed by atoms with Crippen LogP contribution in [0.5, 0.6) is 0 Å². The highest BCUT2D eigenvalue weighted by molar-refractivity contribution is 6.04. The monoisotopic (exact) mass is 481 g/mol. The highest BCUT2D eigenvalue weighted by atomic mass is 16.6. The number of hydrogen-bond donors (Lipinski definition) is 1. The fourth-order valence-corrected chi connectivity index (χ4v) is 3.88. The van der Waals surface area contributed by atoms with Gasteiger partial charge in [0.2, 0.25) is 0 Å². The average molecular weight is 482 g/mol. The Bertz CT molecular complexity index is 1600. The molecule has 0 aliphatic heterocycles. The molecule has 2 aromatic heterocycles. The second-order valence-corrected chi connectivity index (χ2v) is 8.82. The topological polar surface area (TPSA) is 116 Å². The molecule has 1 amide bonds. The standard InChI is InChI=1S/C27H23N5O4/c1-16(2)18-7-9-20(10-8-18)31-29-23-13-17(3)22(15-24(23)30-31)28-27(33)26-12-11-25(36-26)19-5-4-6-21(14-19)32(34)35/h4-16H,1-3H3,(H,28,33). The molecule has 3 aromatic carbocycles. The van der Waals surface area contributed by atoms with Crippen molar-refractivity contribution < 1.29 is 14.1 Å². The van der Waals surface area contributed by atoms with E-state index in [4.69, 9.17) is 4.42 Å². The lowest BCUT2D eigenvalue weighted by atomic mass is 10.0. The lowest BCUT2D eigenvalue weighted by Crippen LogP contribution is -2.11. The molecular formula is C27H23N5O4. The minimum atomic E-state index is -0.476. The molecule has 0 aliphatic rings. The molecule has 1 N–H and O–H groups in total.